The number of rotatable bonds is 5. The summed E-state index contributed by atoms with van der Waals surface area (Å²) in [4.78, 5) is 33.2. The van der Waals surface area contributed by atoms with E-state index in [4.69, 9.17) is 19.8 Å². The van der Waals surface area contributed by atoms with Gasteiger partial charge in [0.2, 0.25) is 5.91 Å². The second kappa shape index (κ2) is 11.6. The molecule has 1 aliphatic heterocycles. The van der Waals surface area contributed by atoms with Crippen molar-refractivity contribution in [3.63, 3.8) is 0 Å². The molecule has 0 aliphatic carbocycles. The van der Waals surface area contributed by atoms with Crippen molar-refractivity contribution >= 4 is 29.2 Å². The lowest BCUT2D eigenvalue weighted by Gasteiger charge is -2.25. The summed E-state index contributed by atoms with van der Waals surface area (Å²) in [6, 6.07) is 26.8. The maximum Gasteiger partial charge on any atom is 0.414 e. The number of aryl methyl sites for hydroxylation is 2. The highest BCUT2D eigenvalue weighted by Crippen LogP contribution is 2.35. The maximum absolute atomic E-state index is 13.2. The Morgan fingerprint density at radius 2 is 1.21 bits per heavy atom. The second-order valence-corrected chi connectivity index (χ2v) is 7.51. The van der Waals surface area contributed by atoms with Crippen LogP contribution in [0.25, 0.3) is 0 Å². The summed E-state index contributed by atoms with van der Waals surface area (Å²) in [6.45, 7) is 1.11. The third kappa shape index (κ3) is 6.51. The van der Waals surface area contributed by atoms with Gasteiger partial charge in [-0.15, -0.1) is 0 Å². The SMILES string of the molecule is O=C(CNCCc1ccccc1)N1c2ccccc2CCc2ccccc21.O=C(O)C(=O)O. The standard InChI is InChI=1S/C24H24N2O.C2H2O4/c27-24(18-25-17-16-19-8-2-1-3-9-19)26-22-12-6-4-10-20(22)14-15-21-11-5-7-13-23(21)26;3-1(4)2(5)6/h1-13,25H,14-18H2;(H,3,4)(H,5,6). The first kappa shape index (κ1) is 23.7. The summed E-state index contributed by atoms with van der Waals surface area (Å²) in [5.41, 5.74) is 5.76. The summed E-state index contributed by atoms with van der Waals surface area (Å²) < 4.78 is 0. The molecule has 7 heteroatoms. The monoisotopic (exact) mass is 446 g/mol. The van der Waals surface area contributed by atoms with Gasteiger partial charge in [-0.1, -0.05) is 66.7 Å². The van der Waals surface area contributed by atoms with Gasteiger partial charge in [-0.25, -0.2) is 9.59 Å². The van der Waals surface area contributed by atoms with E-state index < -0.39 is 11.9 Å². The number of benzene rings is 3. The number of nitrogens with one attached hydrogen (secondary N) is 1. The number of hydrogen-bond acceptors (Lipinski definition) is 4. The molecule has 3 N–H and O–H groups in total. The van der Waals surface area contributed by atoms with E-state index in [2.05, 4.69) is 53.8 Å². The number of aliphatic carboxylic acids is 2. The molecule has 0 fully saturated rings. The van der Waals surface area contributed by atoms with E-state index >= 15 is 0 Å². The molecular formula is C26H26N2O5. The molecule has 7 nitrogen and oxygen atoms in total. The molecule has 4 rings (SSSR count). The highest BCUT2D eigenvalue weighted by Gasteiger charge is 2.24. The minimum Gasteiger partial charge on any atom is -0.473 e. The predicted molar refractivity (Wildman–Crippen MR) is 126 cm³/mol. The highest BCUT2D eigenvalue weighted by molar-refractivity contribution is 6.27. The van der Waals surface area contributed by atoms with Crippen LogP contribution in [0, 0.1) is 0 Å². The lowest BCUT2D eigenvalue weighted by molar-refractivity contribution is -0.159. The number of carboxylic acids is 2. The fourth-order valence-electron chi connectivity index (χ4n) is 3.70. The molecule has 0 unspecified atom stereocenters. The molecule has 3 aromatic carbocycles. The van der Waals surface area contributed by atoms with Crippen LogP contribution in [0.15, 0.2) is 78.9 Å². The van der Waals surface area contributed by atoms with Crippen molar-refractivity contribution in [1.29, 1.82) is 0 Å². The van der Waals surface area contributed by atoms with Gasteiger partial charge in [0.15, 0.2) is 0 Å². The second-order valence-electron chi connectivity index (χ2n) is 7.51. The van der Waals surface area contributed by atoms with Crippen LogP contribution in [-0.4, -0.2) is 41.1 Å². The molecule has 0 bridgehead atoms. The van der Waals surface area contributed by atoms with Crippen molar-refractivity contribution < 1.29 is 24.6 Å². The number of anilines is 2. The minimum atomic E-state index is -1.82. The van der Waals surface area contributed by atoms with E-state index in [9.17, 15) is 4.79 Å². The minimum absolute atomic E-state index is 0.0878. The van der Waals surface area contributed by atoms with Crippen LogP contribution in [-0.2, 0) is 33.6 Å². The first-order valence-corrected chi connectivity index (χ1v) is 10.7. The Kier molecular flexibility index (Phi) is 8.32. The summed E-state index contributed by atoms with van der Waals surface area (Å²) in [7, 11) is 0. The van der Waals surface area contributed by atoms with E-state index in [1.165, 1.54) is 16.7 Å². The van der Waals surface area contributed by atoms with Gasteiger partial charge in [-0.2, -0.15) is 0 Å². The Labute approximate surface area is 192 Å². The van der Waals surface area contributed by atoms with Gasteiger partial charge in [0, 0.05) is 0 Å². The molecule has 0 spiro atoms. The van der Waals surface area contributed by atoms with Gasteiger partial charge >= 0.3 is 11.9 Å². The molecule has 0 atom stereocenters. The van der Waals surface area contributed by atoms with Gasteiger partial charge in [0.05, 0.1) is 17.9 Å². The first-order valence-electron chi connectivity index (χ1n) is 10.7. The van der Waals surface area contributed by atoms with Gasteiger partial charge in [-0.05, 0) is 54.6 Å². The Balaban J connectivity index is 0.000000454. The molecule has 170 valence electrons. The van der Waals surface area contributed by atoms with Gasteiger partial charge in [0.25, 0.3) is 0 Å². The van der Waals surface area contributed by atoms with E-state index in [-0.39, 0.29) is 5.91 Å². The number of amides is 1. The van der Waals surface area contributed by atoms with E-state index in [1.807, 2.05) is 35.2 Å². The van der Waals surface area contributed by atoms with Crippen molar-refractivity contribution in [2.45, 2.75) is 19.3 Å². The largest absolute Gasteiger partial charge is 0.473 e. The highest BCUT2D eigenvalue weighted by atomic mass is 16.4. The zero-order valence-electron chi connectivity index (χ0n) is 18.1. The van der Waals surface area contributed by atoms with Crippen molar-refractivity contribution in [3.05, 3.63) is 95.6 Å². The van der Waals surface area contributed by atoms with E-state index in [1.54, 1.807) is 0 Å². The molecule has 0 radical (unpaired) electrons. The van der Waals surface area contributed by atoms with Crippen LogP contribution in [0.5, 0.6) is 0 Å². The van der Waals surface area contributed by atoms with Gasteiger partial charge in [0.1, 0.15) is 0 Å². The zero-order valence-corrected chi connectivity index (χ0v) is 18.1. The number of hydrogen-bond donors (Lipinski definition) is 3. The molecule has 3 aromatic rings. The van der Waals surface area contributed by atoms with E-state index in [0.717, 1.165) is 37.2 Å². The molecule has 0 saturated heterocycles. The molecule has 0 aromatic heterocycles. The van der Waals surface area contributed by atoms with Gasteiger partial charge < -0.3 is 15.5 Å². The normalized spacial score (nSPS) is 11.8. The number of para-hydroxylation sites is 2. The summed E-state index contributed by atoms with van der Waals surface area (Å²) in [5, 5.41) is 18.1. The third-order valence-corrected chi connectivity index (χ3v) is 5.27. The Morgan fingerprint density at radius 3 is 1.73 bits per heavy atom. The average Bonchev–Trinajstić information content (AvgIpc) is 3.00. The van der Waals surface area contributed by atoms with Crippen molar-refractivity contribution in [3.8, 4) is 0 Å². The summed E-state index contributed by atoms with van der Waals surface area (Å²) in [6.07, 6.45) is 2.83. The topological polar surface area (TPSA) is 107 Å². The van der Waals surface area contributed by atoms with Crippen LogP contribution in [0.2, 0.25) is 0 Å². The number of carbonyl (C=O) groups is 3. The Bertz CT molecular complexity index is 1050. The van der Waals surface area contributed by atoms with Crippen molar-refractivity contribution in [2.75, 3.05) is 18.0 Å². The number of nitrogens with zero attached hydrogens (tertiary/aromatic N) is 1. The van der Waals surface area contributed by atoms with Crippen LogP contribution in [0.3, 0.4) is 0 Å². The number of fused-ring (bicyclic) bond motifs is 2. The molecule has 1 heterocycles. The third-order valence-electron chi connectivity index (χ3n) is 5.27. The zero-order chi connectivity index (χ0) is 23.6. The fourth-order valence-corrected chi connectivity index (χ4v) is 3.70. The molecule has 33 heavy (non-hydrogen) atoms. The summed E-state index contributed by atoms with van der Waals surface area (Å²) >= 11 is 0. The van der Waals surface area contributed by atoms with Crippen LogP contribution >= 0.6 is 0 Å². The fraction of sp³-hybridized carbons (Fsp3) is 0.192. The lowest BCUT2D eigenvalue weighted by Crippen LogP contribution is -2.36. The predicted octanol–water partition coefficient (Wildman–Crippen LogP) is 3.44. The maximum atomic E-state index is 13.2. The first-order chi connectivity index (χ1) is 16.0. The van der Waals surface area contributed by atoms with Crippen LogP contribution < -0.4 is 10.2 Å². The molecule has 0 saturated carbocycles. The van der Waals surface area contributed by atoms with E-state index in [0.29, 0.717) is 6.54 Å². The smallest absolute Gasteiger partial charge is 0.414 e. The van der Waals surface area contributed by atoms with Crippen molar-refractivity contribution in [2.24, 2.45) is 0 Å². The molecule has 1 amide bonds. The van der Waals surface area contributed by atoms with Gasteiger partial charge in [-0.3, -0.25) is 9.69 Å². The molecule has 1 aliphatic rings. The number of carboxylic acid groups (broad SMARTS) is 2. The van der Waals surface area contributed by atoms with Crippen molar-refractivity contribution in [1.82, 2.24) is 5.32 Å². The summed E-state index contributed by atoms with van der Waals surface area (Å²) in [5.74, 6) is -3.56. The quantitative estimate of drug-likeness (QED) is 0.409. The average molecular weight is 447 g/mol. The lowest BCUT2D eigenvalue weighted by atomic mass is 10.0. The molecular weight excluding hydrogens is 420 g/mol. The van der Waals surface area contributed by atoms with Crippen LogP contribution in [0.4, 0.5) is 11.4 Å². The Hall–Kier alpha value is -3.97. The Morgan fingerprint density at radius 1 is 0.727 bits per heavy atom. The number of carbonyl (C=O) groups excluding carboxylic acids is 1. The van der Waals surface area contributed by atoms with Crippen LogP contribution in [0.1, 0.15) is 16.7 Å².